The van der Waals surface area contributed by atoms with Gasteiger partial charge in [0.05, 0.1) is 9.38 Å². The van der Waals surface area contributed by atoms with E-state index in [-0.39, 0.29) is 16.8 Å². The van der Waals surface area contributed by atoms with E-state index in [1.54, 1.807) is 24.3 Å². The highest BCUT2D eigenvalue weighted by molar-refractivity contribution is 9.10. The number of amides is 1. The summed E-state index contributed by atoms with van der Waals surface area (Å²) >= 11 is 4.28. The van der Waals surface area contributed by atoms with E-state index in [1.807, 2.05) is 0 Å². The Labute approximate surface area is 104 Å². The topological polar surface area (TPSA) is 73.2 Å². The first-order valence-corrected chi connectivity index (χ1v) is 5.95. The summed E-state index contributed by atoms with van der Waals surface area (Å²) in [5, 5.41) is 19.1. The second-order valence-electron chi connectivity index (χ2n) is 3.10. The molecule has 0 aliphatic carbocycles. The van der Waals surface area contributed by atoms with Gasteiger partial charge in [0.1, 0.15) is 5.75 Å². The summed E-state index contributed by atoms with van der Waals surface area (Å²) in [5.41, 5.74) is 0.789. The standard InChI is InChI=1S/C10H7BrN2O2S/c11-6-3-5(1-2-7(6)14)4-8-9(15)13-10(12)16-8/h1-4,14H,(H2,12,13,15). The van der Waals surface area contributed by atoms with Gasteiger partial charge in [-0.2, -0.15) is 0 Å². The van der Waals surface area contributed by atoms with Gasteiger partial charge in [0.25, 0.3) is 5.91 Å². The van der Waals surface area contributed by atoms with Crippen molar-refractivity contribution in [2.24, 2.45) is 0 Å². The average molecular weight is 299 g/mol. The van der Waals surface area contributed by atoms with Gasteiger partial charge in [-0.05, 0) is 51.5 Å². The van der Waals surface area contributed by atoms with Crippen molar-refractivity contribution in [3.63, 3.8) is 0 Å². The summed E-state index contributed by atoms with van der Waals surface area (Å²) in [6.07, 6.45) is 1.67. The van der Waals surface area contributed by atoms with Crippen LogP contribution in [0.3, 0.4) is 0 Å². The molecule has 16 heavy (non-hydrogen) atoms. The molecule has 82 valence electrons. The molecular formula is C10H7BrN2O2S. The van der Waals surface area contributed by atoms with Crippen molar-refractivity contribution in [2.45, 2.75) is 0 Å². The molecule has 1 aromatic rings. The Kier molecular flexibility index (Phi) is 3.02. The second-order valence-corrected chi connectivity index (χ2v) is 5.01. The first-order valence-electron chi connectivity index (χ1n) is 4.34. The number of hydrogen-bond donors (Lipinski definition) is 3. The maximum absolute atomic E-state index is 11.3. The maximum Gasteiger partial charge on any atom is 0.264 e. The summed E-state index contributed by atoms with van der Waals surface area (Å²) in [7, 11) is 0. The molecular weight excluding hydrogens is 292 g/mol. The molecule has 0 atom stereocenters. The van der Waals surface area contributed by atoms with E-state index in [1.165, 1.54) is 0 Å². The van der Waals surface area contributed by atoms with Crippen molar-refractivity contribution < 1.29 is 9.90 Å². The number of carbonyl (C=O) groups excluding carboxylic acids is 1. The Morgan fingerprint density at radius 1 is 1.50 bits per heavy atom. The summed E-state index contributed by atoms with van der Waals surface area (Å²) in [5.74, 6) is -0.113. The van der Waals surface area contributed by atoms with E-state index in [0.29, 0.717) is 9.38 Å². The largest absolute Gasteiger partial charge is 0.507 e. The van der Waals surface area contributed by atoms with Gasteiger partial charge in [-0.15, -0.1) is 0 Å². The number of nitrogens with one attached hydrogen (secondary N) is 2. The van der Waals surface area contributed by atoms with E-state index in [0.717, 1.165) is 17.3 Å². The fourth-order valence-electron chi connectivity index (χ4n) is 1.21. The lowest BCUT2D eigenvalue weighted by atomic mass is 10.2. The lowest BCUT2D eigenvalue weighted by molar-refractivity contribution is -0.115. The second kappa shape index (κ2) is 4.31. The number of halogens is 1. The minimum atomic E-state index is -0.265. The first-order chi connectivity index (χ1) is 7.56. The van der Waals surface area contributed by atoms with E-state index in [2.05, 4.69) is 21.2 Å². The number of amidine groups is 1. The molecule has 1 amide bonds. The van der Waals surface area contributed by atoms with E-state index < -0.39 is 0 Å². The molecule has 0 aromatic heterocycles. The van der Waals surface area contributed by atoms with Crippen molar-refractivity contribution in [2.75, 3.05) is 0 Å². The van der Waals surface area contributed by atoms with Crippen LogP contribution in [0.15, 0.2) is 27.6 Å². The fraction of sp³-hybridized carbons (Fsp3) is 0. The molecule has 0 spiro atoms. The predicted octanol–water partition coefficient (Wildman–Crippen LogP) is 2.29. The van der Waals surface area contributed by atoms with Gasteiger partial charge in [-0.3, -0.25) is 10.2 Å². The molecule has 3 N–H and O–H groups in total. The lowest BCUT2D eigenvalue weighted by Crippen LogP contribution is -2.18. The van der Waals surface area contributed by atoms with Crippen LogP contribution in [-0.2, 0) is 4.79 Å². The van der Waals surface area contributed by atoms with Crippen molar-refractivity contribution in [1.82, 2.24) is 5.32 Å². The first kappa shape index (κ1) is 11.2. The SMILES string of the molecule is N=C1NC(=O)C(=Cc2ccc(O)c(Br)c2)S1. The lowest BCUT2D eigenvalue weighted by Gasteiger charge is -1.99. The summed E-state index contributed by atoms with van der Waals surface area (Å²) in [6.45, 7) is 0. The highest BCUT2D eigenvalue weighted by Gasteiger charge is 2.22. The van der Waals surface area contributed by atoms with Gasteiger partial charge in [0, 0.05) is 0 Å². The number of carbonyl (C=O) groups is 1. The third-order valence-corrected chi connectivity index (χ3v) is 3.40. The normalized spacial score (nSPS) is 17.9. The average Bonchev–Trinajstić information content (AvgIpc) is 2.51. The highest BCUT2D eigenvalue weighted by Crippen LogP contribution is 2.28. The van der Waals surface area contributed by atoms with Crippen LogP contribution >= 0.6 is 27.7 Å². The fourth-order valence-corrected chi connectivity index (χ4v) is 2.30. The molecule has 0 unspecified atom stereocenters. The van der Waals surface area contributed by atoms with E-state index >= 15 is 0 Å². The van der Waals surface area contributed by atoms with Crippen LogP contribution in [-0.4, -0.2) is 16.2 Å². The van der Waals surface area contributed by atoms with Crippen molar-refractivity contribution in [3.8, 4) is 5.75 Å². The highest BCUT2D eigenvalue weighted by atomic mass is 79.9. The molecule has 6 heteroatoms. The summed E-state index contributed by atoms with van der Waals surface area (Å²) in [4.78, 5) is 11.8. The Bertz CT molecular complexity index is 514. The number of phenolic OH excluding ortho intramolecular Hbond substituents is 1. The Morgan fingerprint density at radius 3 is 2.81 bits per heavy atom. The molecule has 1 heterocycles. The smallest absolute Gasteiger partial charge is 0.264 e. The number of benzene rings is 1. The van der Waals surface area contributed by atoms with Gasteiger partial charge < -0.3 is 10.4 Å². The quantitative estimate of drug-likeness (QED) is 0.697. The molecule has 0 bridgehead atoms. The Balaban J connectivity index is 2.32. The van der Waals surface area contributed by atoms with Crippen LogP contribution in [0.5, 0.6) is 5.75 Å². The van der Waals surface area contributed by atoms with Gasteiger partial charge in [0.2, 0.25) is 0 Å². The minimum Gasteiger partial charge on any atom is -0.507 e. The minimum absolute atomic E-state index is 0.133. The van der Waals surface area contributed by atoms with Crippen LogP contribution in [0.25, 0.3) is 6.08 Å². The number of aromatic hydroxyl groups is 1. The number of hydrogen-bond acceptors (Lipinski definition) is 4. The summed E-state index contributed by atoms with van der Waals surface area (Å²) < 4.78 is 0.570. The van der Waals surface area contributed by atoms with Crippen LogP contribution in [0.2, 0.25) is 0 Å². The van der Waals surface area contributed by atoms with Crippen molar-refractivity contribution in [3.05, 3.63) is 33.1 Å². The molecule has 1 saturated heterocycles. The molecule has 2 rings (SSSR count). The van der Waals surface area contributed by atoms with Crippen molar-refractivity contribution in [1.29, 1.82) is 5.41 Å². The number of rotatable bonds is 1. The molecule has 0 saturated carbocycles. The molecule has 1 aliphatic heterocycles. The Hall–Kier alpha value is -1.27. The third kappa shape index (κ3) is 2.28. The molecule has 0 radical (unpaired) electrons. The van der Waals surface area contributed by atoms with Crippen LogP contribution < -0.4 is 5.32 Å². The van der Waals surface area contributed by atoms with Gasteiger partial charge in [0.15, 0.2) is 5.17 Å². The van der Waals surface area contributed by atoms with Gasteiger partial charge in [-0.25, -0.2) is 0 Å². The monoisotopic (exact) mass is 298 g/mol. The van der Waals surface area contributed by atoms with E-state index in [9.17, 15) is 9.90 Å². The Morgan fingerprint density at radius 2 is 2.25 bits per heavy atom. The van der Waals surface area contributed by atoms with Gasteiger partial charge >= 0.3 is 0 Å². The zero-order chi connectivity index (χ0) is 11.7. The van der Waals surface area contributed by atoms with Crippen LogP contribution in [0, 0.1) is 5.41 Å². The number of thioether (sulfide) groups is 1. The van der Waals surface area contributed by atoms with Crippen LogP contribution in [0.1, 0.15) is 5.56 Å². The number of phenols is 1. The van der Waals surface area contributed by atoms with Crippen molar-refractivity contribution >= 4 is 44.8 Å². The van der Waals surface area contributed by atoms with E-state index in [4.69, 9.17) is 5.41 Å². The zero-order valence-corrected chi connectivity index (χ0v) is 10.4. The summed E-state index contributed by atoms with van der Waals surface area (Å²) in [6, 6.07) is 4.94. The molecule has 4 nitrogen and oxygen atoms in total. The van der Waals surface area contributed by atoms with Gasteiger partial charge in [-0.1, -0.05) is 6.07 Å². The molecule has 1 aromatic carbocycles. The predicted molar refractivity (Wildman–Crippen MR) is 67.2 cm³/mol. The molecule has 1 aliphatic rings. The molecule has 1 fully saturated rings. The third-order valence-electron chi connectivity index (χ3n) is 1.93. The van der Waals surface area contributed by atoms with Crippen LogP contribution in [0.4, 0.5) is 0 Å². The zero-order valence-electron chi connectivity index (χ0n) is 7.95. The maximum atomic E-state index is 11.3.